The molecule has 34 heavy (non-hydrogen) atoms. The van der Waals surface area contributed by atoms with Crippen LogP contribution in [0.25, 0.3) is 0 Å². The van der Waals surface area contributed by atoms with E-state index in [1.165, 1.54) is 0 Å². The maximum atomic E-state index is 13.2. The van der Waals surface area contributed by atoms with Crippen molar-refractivity contribution in [1.82, 2.24) is 10.2 Å². The Bertz CT molecular complexity index is 965. The number of hydrogen-bond donors (Lipinski definition) is 3. The van der Waals surface area contributed by atoms with Gasteiger partial charge in [-0.3, -0.25) is 4.79 Å². The van der Waals surface area contributed by atoms with Crippen molar-refractivity contribution in [3.63, 3.8) is 0 Å². The van der Waals surface area contributed by atoms with Gasteiger partial charge in [0.15, 0.2) is 0 Å². The molecule has 0 radical (unpaired) electrons. The molecule has 2 aromatic rings. The van der Waals surface area contributed by atoms with Crippen LogP contribution >= 0.6 is 0 Å². The van der Waals surface area contributed by atoms with Gasteiger partial charge in [-0.1, -0.05) is 32.9 Å². The van der Waals surface area contributed by atoms with E-state index in [2.05, 4.69) is 46.5 Å². The lowest BCUT2D eigenvalue weighted by atomic mass is 9.98. The van der Waals surface area contributed by atoms with Crippen molar-refractivity contribution in [2.75, 3.05) is 54.8 Å². The van der Waals surface area contributed by atoms with Crippen molar-refractivity contribution in [2.45, 2.75) is 40.5 Å². The number of rotatable bonds is 9. The molecule has 0 bridgehead atoms. The van der Waals surface area contributed by atoms with Crippen molar-refractivity contribution >= 4 is 29.0 Å². The Kier molecular flexibility index (Phi) is 9.33. The van der Waals surface area contributed by atoms with Gasteiger partial charge in [-0.05, 0) is 74.7 Å². The normalized spacial score (nSPS) is 14.2. The molecule has 0 aromatic heterocycles. The number of urea groups is 1. The van der Waals surface area contributed by atoms with Crippen molar-refractivity contribution < 1.29 is 9.59 Å². The highest BCUT2D eigenvalue weighted by molar-refractivity contribution is 6.04. The molecule has 1 aliphatic rings. The second-order valence-corrected chi connectivity index (χ2v) is 9.13. The maximum absolute atomic E-state index is 13.2. The number of amides is 3. The van der Waals surface area contributed by atoms with Gasteiger partial charge in [-0.15, -0.1) is 0 Å². The second kappa shape index (κ2) is 12.4. The van der Waals surface area contributed by atoms with Crippen molar-refractivity contribution in [3.05, 3.63) is 53.6 Å². The molecule has 2 aromatic carbocycles. The molecular formula is C27H39N5O2. The Hall–Kier alpha value is -3.06. The van der Waals surface area contributed by atoms with Crippen LogP contribution in [0.2, 0.25) is 0 Å². The Morgan fingerprint density at radius 1 is 1.00 bits per heavy atom. The van der Waals surface area contributed by atoms with Crippen LogP contribution in [0, 0.1) is 12.8 Å². The number of nitrogens with zero attached hydrogens (tertiary/aromatic N) is 2. The Labute approximate surface area is 203 Å². The number of benzene rings is 2. The molecule has 3 amide bonds. The minimum absolute atomic E-state index is 0.108. The van der Waals surface area contributed by atoms with E-state index >= 15 is 0 Å². The van der Waals surface area contributed by atoms with Crippen LogP contribution in [0.3, 0.4) is 0 Å². The fraction of sp³-hybridized carbons (Fsp3) is 0.481. The number of anilines is 3. The molecule has 0 atom stereocenters. The van der Waals surface area contributed by atoms with Gasteiger partial charge in [0.2, 0.25) is 0 Å². The summed E-state index contributed by atoms with van der Waals surface area (Å²) in [4.78, 5) is 30.4. The minimum atomic E-state index is -0.335. The van der Waals surface area contributed by atoms with Crippen LogP contribution < -0.4 is 20.9 Å². The van der Waals surface area contributed by atoms with Gasteiger partial charge in [0.1, 0.15) is 0 Å². The highest BCUT2D eigenvalue weighted by atomic mass is 16.2. The Morgan fingerprint density at radius 2 is 1.68 bits per heavy atom. The third-order valence-electron chi connectivity index (χ3n) is 6.51. The molecule has 1 saturated heterocycles. The van der Waals surface area contributed by atoms with E-state index in [0.29, 0.717) is 23.7 Å². The molecule has 0 aliphatic carbocycles. The standard InChI is InChI=1S/C27H39N5O2/c1-5-31(6-2)17-14-28-26(33)24-19-23(10-11-25(24)32-15-12-20(3)13-16-32)30-27(34)29-22-9-7-8-21(4)18-22/h7-11,18-20H,5-6,12-17H2,1-4H3,(H,28,33)(H2,29,30,34). The van der Waals surface area contributed by atoms with Crippen LogP contribution in [0.15, 0.2) is 42.5 Å². The summed E-state index contributed by atoms with van der Waals surface area (Å²) >= 11 is 0. The van der Waals surface area contributed by atoms with Crippen LogP contribution in [0.4, 0.5) is 21.9 Å². The van der Waals surface area contributed by atoms with Gasteiger partial charge in [0, 0.05) is 43.2 Å². The number of hydrogen-bond acceptors (Lipinski definition) is 4. The maximum Gasteiger partial charge on any atom is 0.323 e. The predicted octanol–water partition coefficient (Wildman–Crippen LogP) is 4.95. The third kappa shape index (κ3) is 7.22. The molecule has 184 valence electrons. The zero-order chi connectivity index (χ0) is 24.5. The summed E-state index contributed by atoms with van der Waals surface area (Å²) in [5, 5.41) is 8.81. The van der Waals surface area contributed by atoms with Gasteiger partial charge in [-0.25, -0.2) is 4.79 Å². The first-order chi connectivity index (χ1) is 16.4. The van der Waals surface area contributed by atoms with E-state index in [9.17, 15) is 9.59 Å². The van der Waals surface area contributed by atoms with Gasteiger partial charge in [0.05, 0.1) is 5.56 Å². The van der Waals surface area contributed by atoms with E-state index in [0.717, 1.165) is 62.5 Å². The molecule has 0 saturated carbocycles. The quantitative estimate of drug-likeness (QED) is 0.490. The third-order valence-corrected chi connectivity index (χ3v) is 6.51. The molecule has 3 N–H and O–H groups in total. The summed E-state index contributed by atoms with van der Waals surface area (Å²) in [6.45, 7) is 13.7. The Balaban J connectivity index is 1.74. The average molecular weight is 466 g/mol. The summed E-state index contributed by atoms with van der Waals surface area (Å²) in [7, 11) is 0. The van der Waals surface area contributed by atoms with Crippen LogP contribution in [0.1, 0.15) is 49.5 Å². The Morgan fingerprint density at radius 3 is 2.32 bits per heavy atom. The fourth-order valence-electron chi connectivity index (χ4n) is 4.30. The van der Waals surface area contributed by atoms with Gasteiger partial charge in [0.25, 0.3) is 5.91 Å². The lowest BCUT2D eigenvalue weighted by molar-refractivity contribution is 0.0949. The van der Waals surface area contributed by atoms with E-state index in [4.69, 9.17) is 0 Å². The van der Waals surface area contributed by atoms with E-state index < -0.39 is 0 Å². The van der Waals surface area contributed by atoms with Crippen molar-refractivity contribution in [1.29, 1.82) is 0 Å². The lowest BCUT2D eigenvalue weighted by Crippen LogP contribution is -2.37. The smallest absolute Gasteiger partial charge is 0.323 e. The number of aryl methyl sites for hydroxylation is 1. The van der Waals surface area contributed by atoms with Gasteiger partial charge >= 0.3 is 6.03 Å². The highest BCUT2D eigenvalue weighted by Gasteiger charge is 2.22. The van der Waals surface area contributed by atoms with Gasteiger partial charge < -0.3 is 25.8 Å². The molecule has 3 rings (SSSR count). The first-order valence-electron chi connectivity index (χ1n) is 12.4. The molecule has 7 heteroatoms. The van der Waals surface area contributed by atoms with Crippen molar-refractivity contribution in [2.24, 2.45) is 5.92 Å². The first kappa shape index (κ1) is 25.6. The average Bonchev–Trinajstić information content (AvgIpc) is 2.82. The zero-order valence-electron chi connectivity index (χ0n) is 21.0. The molecule has 1 heterocycles. The molecular weight excluding hydrogens is 426 g/mol. The predicted molar refractivity (Wildman–Crippen MR) is 141 cm³/mol. The SMILES string of the molecule is CCN(CC)CCNC(=O)c1cc(NC(=O)Nc2cccc(C)c2)ccc1N1CCC(C)CC1. The number of nitrogens with one attached hydrogen (secondary N) is 3. The molecule has 1 aliphatic heterocycles. The summed E-state index contributed by atoms with van der Waals surface area (Å²) in [5.41, 5.74) is 3.92. The second-order valence-electron chi connectivity index (χ2n) is 9.13. The first-order valence-corrected chi connectivity index (χ1v) is 12.4. The van der Waals surface area contributed by atoms with E-state index in [-0.39, 0.29) is 11.9 Å². The summed E-state index contributed by atoms with van der Waals surface area (Å²) in [6.07, 6.45) is 2.23. The van der Waals surface area contributed by atoms with Crippen LogP contribution in [-0.2, 0) is 0 Å². The molecule has 7 nitrogen and oxygen atoms in total. The fourth-order valence-corrected chi connectivity index (χ4v) is 4.30. The van der Waals surface area contributed by atoms with E-state index in [1.54, 1.807) is 6.07 Å². The topological polar surface area (TPSA) is 76.7 Å². The van der Waals surface area contributed by atoms with Crippen LogP contribution in [0.5, 0.6) is 0 Å². The molecule has 0 spiro atoms. The summed E-state index contributed by atoms with van der Waals surface area (Å²) < 4.78 is 0. The van der Waals surface area contributed by atoms with E-state index in [1.807, 2.05) is 43.3 Å². The largest absolute Gasteiger partial charge is 0.371 e. The lowest BCUT2D eigenvalue weighted by Gasteiger charge is -2.33. The number of likely N-dealkylation sites (N-methyl/N-ethyl adjacent to an activating group) is 1. The molecule has 1 fully saturated rings. The monoisotopic (exact) mass is 465 g/mol. The molecule has 0 unspecified atom stereocenters. The number of carbonyl (C=O) groups is 2. The number of carbonyl (C=O) groups excluding carboxylic acids is 2. The van der Waals surface area contributed by atoms with Crippen LogP contribution in [-0.4, -0.2) is 56.1 Å². The highest BCUT2D eigenvalue weighted by Crippen LogP contribution is 2.29. The number of piperidine rings is 1. The summed E-state index contributed by atoms with van der Waals surface area (Å²) in [5.74, 6) is 0.595. The van der Waals surface area contributed by atoms with Crippen molar-refractivity contribution in [3.8, 4) is 0 Å². The minimum Gasteiger partial charge on any atom is -0.371 e. The summed E-state index contributed by atoms with van der Waals surface area (Å²) in [6, 6.07) is 12.9. The zero-order valence-corrected chi connectivity index (χ0v) is 21.0. The van der Waals surface area contributed by atoms with Gasteiger partial charge in [-0.2, -0.15) is 0 Å².